The Hall–Kier alpha value is -2.61. The lowest BCUT2D eigenvalue weighted by Crippen LogP contribution is -2.33. The first kappa shape index (κ1) is 20.1. The minimum Gasteiger partial charge on any atom is -0.345 e. The second-order valence-electron chi connectivity index (χ2n) is 8.46. The van der Waals surface area contributed by atoms with Crippen molar-refractivity contribution in [3.05, 3.63) is 71.8 Å². The van der Waals surface area contributed by atoms with Gasteiger partial charge in [-0.1, -0.05) is 69.0 Å². The van der Waals surface area contributed by atoms with Gasteiger partial charge in [-0.2, -0.15) is 0 Å². The quantitative estimate of drug-likeness (QED) is 0.313. The third-order valence-electron chi connectivity index (χ3n) is 5.63. The molecule has 3 rings (SSSR count). The van der Waals surface area contributed by atoms with E-state index in [4.69, 9.17) is 0 Å². The molecule has 0 fully saturated rings. The molecule has 1 aliphatic carbocycles. The zero-order valence-corrected chi connectivity index (χ0v) is 17.4. The predicted molar refractivity (Wildman–Crippen MR) is 120 cm³/mol. The van der Waals surface area contributed by atoms with Gasteiger partial charge in [-0.25, -0.2) is 0 Å². The van der Waals surface area contributed by atoms with Gasteiger partial charge in [0.1, 0.15) is 0 Å². The summed E-state index contributed by atoms with van der Waals surface area (Å²) in [7, 11) is 0. The molecule has 0 radical (unpaired) electrons. The number of benzene rings is 2. The third kappa shape index (κ3) is 4.44. The molecule has 0 aliphatic heterocycles. The number of rotatable bonds is 9. The van der Waals surface area contributed by atoms with Crippen molar-refractivity contribution in [3.8, 4) is 11.1 Å². The van der Waals surface area contributed by atoms with E-state index in [1.165, 1.54) is 27.8 Å². The molecule has 146 valence electrons. The molecule has 1 amide bonds. The zero-order chi connectivity index (χ0) is 20.1. The van der Waals surface area contributed by atoms with Gasteiger partial charge < -0.3 is 4.90 Å². The summed E-state index contributed by atoms with van der Waals surface area (Å²) in [6.45, 7) is 12.4. The van der Waals surface area contributed by atoms with Gasteiger partial charge in [-0.15, -0.1) is 0 Å². The first-order valence-electron chi connectivity index (χ1n) is 10.2. The number of nitrogens with zero attached hydrogens (tertiary/aromatic N) is 1. The van der Waals surface area contributed by atoms with Crippen molar-refractivity contribution >= 4 is 18.1 Å². The van der Waals surface area contributed by atoms with Crippen LogP contribution in [0.4, 0.5) is 0 Å². The van der Waals surface area contributed by atoms with Crippen LogP contribution in [0.1, 0.15) is 56.7 Å². The van der Waals surface area contributed by atoms with Crippen LogP contribution in [0.25, 0.3) is 22.8 Å². The van der Waals surface area contributed by atoms with E-state index in [-0.39, 0.29) is 5.41 Å². The lowest BCUT2D eigenvalue weighted by Gasteiger charge is -2.29. The van der Waals surface area contributed by atoms with Crippen LogP contribution in [-0.4, -0.2) is 24.4 Å². The molecule has 0 atom stereocenters. The highest BCUT2D eigenvalue weighted by Gasteiger charge is 2.21. The van der Waals surface area contributed by atoms with Gasteiger partial charge in [0.25, 0.3) is 0 Å². The first-order valence-corrected chi connectivity index (χ1v) is 10.2. The monoisotopic (exact) mass is 373 g/mol. The lowest BCUT2D eigenvalue weighted by molar-refractivity contribution is -0.119. The van der Waals surface area contributed by atoms with Crippen LogP contribution in [0.2, 0.25) is 0 Å². The molecular formula is C26H31NO. The van der Waals surface area contributed by atoms with Crippen LogP contribution < -0.4 is 0 Å². The summed E-state index contributed by atoms with van der Waals surface area (Å²) in [6.07, 6.45) is 8.73. The maximum absolute atomic E-state index is 11.0. The van der Waals surface area contributed by atoms with Gasteiger partial charge in [0.2, 0.25) is 6.41 Å². The van der Waals surface area contributed by atoms with Gasteiger partial charge in [0.15, 0.2) is 0 Å². The molecule has 0 unspecified atom stereocenters. The number of allylic oxidation sites excluding steroid dienone is 1. The second kappa shape index (κ2) is 8.60. The summed E-state index contributed by atoms with van der Waals surface area (Å²) in [5.41, 5.74) is 7.58. The maximum Gasteiger partial charge on any atom is 0.209 e. The summed E-state index contributed by atoms with van der Waals surface area (Å²) >= 11 is 0. The summed E-state index contributed by atoms with van der Waals surface area (Å²) in [5.74, 6) is 0. The van der Waals surface area contributed by atoms with E-state index in [2.05, 4.69) is 75.0 Å². The van der Waals surface area contributed by atoms with E-state index in [0.717, 1.165) is 44.3 Å². The lowest BCUT2D eigenvalue weighted by atomic mass is 9.86. The average Bonchev–Trinajstić information content (AvgIpc) is 2.98. The SMILES string of the molecule is C=C1c2ccccc2-c2ccc(/C=C/CCCC(C)(C)CN(C=O)CC)cc21. The molecule has 2 heteroatoms. The Balaban J connectivity index is 1.57. The van der Waals surface area contributed by atoms with E-state index < -0.39 is 0 Å². The Morgan fingerprint density at radius 1 is 1.04 bits per heavy atom. The van der Waals surface area contributed by atoms with Crippen molar-refractivity contribution in [1.29, 1.82) is 0 Å². The van der Waals surface area contributed by atoms with Crippen LogP contribution in [0.5, 0.6) is 0 Å². The molecule has 0 bridgehead atoms. The van der Waals surface area contributed by atoms with E-state index in [1.54, 1.807) is 0 Å². The summed E-state index contributed by atoms with van der Waals surface area (Å²) < 4.78 is 0. The predicted octanol–water partition coefficient (Wildman–Crippen LogP) is 6.42. The highest BCUT2D eigenvalue weighted by atomic mass is 16.1. The fraction of sp³-hybridized carbons (Fsp3) is 0.346. The van der Waals surface area contributed by atoms with Crippen molar-refractivity contribution in [2.24, 2.45) is 5.41 Å². The topological polar surface area (TPSA) is 20.3 Å². The molecule has 0 heterocycles. The number of hydrogen-bond donors (Lipinski definition) is 0. The Labute approximate surface area is 169 Å². The molecule has 28 heavy (non-hydrogen) atoms. The Morgan fingerprint density at radius 3 is 2.46 bits per heavy atom. The van der Waals surface area contributed by atoms with Crippen LogP contribution in [-0.2, 0) is 4.79 Å². The van der Waals surface area contributed by atoms with Crippen LogP contribution in [0, 0.1) is 5.41 Å². The Morgan fingerprint density at radius 2 is 1.75 bits per heavy atom. The molecule has 0 saturated carbocycles. The van der Waals surface area contributed by atoms with Crippen LogP contribution >= 0.6 is 0 Å². The van der Waals surface area contributed by atoms with Crippen molar-refractivity contribution < 1.29 is 4.79 Å². The molecule has 0 N–H and O–H groups in total. The molecule has 0 saturated heterocycles. The highest BCUT2D eigenvalue weighted by molar-refractivity contribution is 6.00. The standard InChI is InChI=1S/C26H31NO/c1-5-27(19-28)18-26(3,4)16-10-6-7-11-21-14-15-24-23-13-9-8-12-22(23)20(2)25(24)17-21/h7-9,11-15,17,19H,2,5-6,10,16,18H2,1,3-4H3/b11-7+. The number of hydrogen-bond acceptors (Lipinski definition) is 1. The minimum atomic E-state index is 0.155. The third-order valence-corrected chi connectivity index (χ3v) is 5.63. The second-order valence-corrected chi connectivity index (χ2v) is 8.46. The Kier molecular flexibility index (Phi) is 6.18. The first-order chi connectivity index (χ1) is 13.4. The number of unbranched alkanes of at least 4 members (excludes halogenated alkanes) is 1. The van der Waals surface area contributed by atoms with Gasteiger partial charge in [0.05, 0.1) is 0 Å². The summed E-state index contributed by atoms with van der Waals surface area (Å²) in [6, 6.07) is 15.2. The minimum absolute atomic E-state index is 0.155. The maximum atomic E-state index is 11.0. The largest absolute Gasteiger partial charge is 0.345 e. The molecule has 2 nitrogen and oxygen atoms in total. The molecular weight excluding hydrogens is 342 g/mol. The van der Waals surface area contributed by atoms with E-state index in [0.29, 0.717) is 0 Å². The summed E-state index contributed by atoms with van der Waals surface area (Å²) in [4.78, 5) is 12.9. The molecule has 2 aromatic carbocycles. The van der Waals surface area contributed by atoms with Crippen LogP contribution in [0.15, 0.2) is 55.1 Å². The zero-order valence-electron chi connectivity index (χ0n) is 17.4. The van der Waals surface area contributed by atoms with Gasteiger partial charge in [-0.3, -0.25) is 4.79 Å². The fourth-order valence-electron chi connectivity index (χ4n) is 4.05. The summed E-state index contributed by atoms with van der Waals surface area (Å²) in [5, 5.41) is 0. The number of fused-ring (bicyclic) bond motifs is 3. The van der Waals surface area contributed by atoms with Crippen molar-refractivity contribution in [2.75, 3.05) is 13.1 Å². The molecule has 1 aliphatic rings. The Bertz CT molecular complexity index is 891. The van der Waals surface area contributed by atoms with Gasteiger partial charge >= 0.3 is 0 Å². The van der Waals surface area contributed by atoms with Gasteiger partial charge in [-0.05, 0) is 71.1 Å². The number of carbonyl (C=O) groups is 1. The molecule has 0 spiro atoms. The normalized spacial score (nSPS) is 12.9. The van der Waals surface area contributed by atoms with E-state index >= 15 is 0 Å². The highest BCUT2D eigenvalue weighted by Crippen LogP contribution is 2.43. The smallest absolute Gasteiger partial charge is 0.209 e. The number of amides is 1. The van der Waals surface area contributed by atoms with E-state index in [9.17, 15) is 4.79 Å². The fourth-order valence-corrected chi connectivity index (χ4v) is 4.05. The van der Waals surface area contributed by atoms with E-state index in [1.807, 2.05) is 11.8 Å². The van der Waals surface area contributed by atoms with Crippen molar-refractivity contribution in [2.45, 2.75) is 40.0 Å². The van der Waals surface area contributed by atoms with Crippen LogP contribution in [0.3, 0.4) is 0 Å². The van der Waals surface area contributed by atoms with Crippen molar-refractivity contribution in [1.82, 2.24) is 4.90 Å². The van der Waals surface area contributed by atoms with Crippen molar-refractivity contribution in [3.63, 3.8) is 0 Å². The average molecular weight is 374 g/mol. The molecule has 2 aromatic rings. The molecule has 0 aromatic heterocycles. The van der Waals surface area contributed by atoms with Gasteiger partial charge in [0, 0.05) is 13.1 Å². The number of carbonyl (C=O) groups excluding carboxylic acids is 1.